The van der Waals surface area contributed by atoms with Crippen molar-refractivity contribution < 1.29 is 9.59 Å². The third-order valence-electron chi connectivity index (χ3n) is 3.88. The van der Waals surface area contributed by atoms with Gasteiger partial charge in [0, 0.05) is 50.7 Å². The van der Waals surface area contributed by atoms with Gasteiger partial charge in [0.05, 0.1) is 0 Å². The summed E-state index contributed by atoms with van der Waals surface area (Å²) in [5.74, 6) is -0.239. The van der Waals surface area contributed by atoms with E-state index in [0.717, 1.165) is 6.54 Å². The zero-order valence-corrected chi connectivity index (χ0v) is 12.7. The highest BCUT2D eigenvalue weighted by Gasteiger charge is 2.35. The Balaban J connectivity index is 2.21. The highest BCUT2D eigenvalue weighted by molar-refractivity contribution is 5.97. The minimum atomic E-state index is -0.452. The molecule has 1 unspecified atom stereocenters. The van der Waals surface area contributed by atoms with E-state index in [1.54, 1.807) is 36.5 Å². The van der Waals surface area contributed by atoms with Gasteiger partial charge in [-0.15, -0.1) is 0 Å². The summed E-state index contributed by atoms with van der Waals surface area (Å²) >= 11 is 0. The first kappa shape index (κ1) is 15.4. The van der Waals surface area contributed by atoms with Crippen LogP contribution in [0.3, 0.4) is 0 Å². The molecular formula is C15H22N4O2. The average molecular weight is 290 g/mol. The molecule has 21 heavy (non-hydrogen) atoms. The lowest BCUT2D eigenvalue weighted by Crippen LogP contribution is -2.61. The Morgan fingerprint density at radius 2 is 1.95 bits per heavy atom. The Morgan fingerprint density at radius 1 is 1.29 bits per heavy atom. The molecule has 2 amide bonds. The molecule has 1 aromatic heterocycles. The normalized spacial score (nSPS) is 19.6. The lowest BCUT2D eigenvalue weighted by atomic mass is 10.1. The van der Waals surface area contributed by atoms with E-state index >= 15 is 0 Å². The largest absolute Gasteiger partial charge is 0.357 e. The van der Waals surface area contributed by atoms with Crippen molar-refractivity contribution in [2.24, 2.45) is 0 Å². The molecular weight excluding hydrogens is 268 g/mol. The molecule has 114 valence electrons. The number of rotatable bonds is 3. The molecule has 0 saturated carbocycles. The van der Waals surface area contributed by atoms with Crippen LogP contribution in [0.1, 0.15) is 24.2 Å². The Labute approximate surface area is 125 Å². The summed E-state index contributed by atoms with van der Waals surface area (Å²) in [7, 11) is 1.60. The van der Waals surface area contributed by atoms with E-state index in [1.165, 1.54) is 0 Å². The van der Waals surface area contributed by atoms with E-state index in [0.29, 0.717) is 24.7 Å². The van der Waals surface area contributed by atoms with Gasteiger partial charge in [-0.1, -0.05) is 0 Å². The van der Waals surface area contributed by atoms with E-state index in [4.69, 9.17) is 0 Å². The third kappa shape index (κ3) is 3.39. The summed E-state index contributed by atoms with van der Waals surface area (Å²) < 4.78 is 0. The molecule has 0 aliphatic carbocycles. The second kappa shape index (κ2) is 6.67. The predicted octanol–water partition coefficient (Wildman–Crippen LogP) is 0.362. The Bertz CT molecular complexity index is 504. The predicted molar refractivity (Wildman–Crippen MR) is 79.8 cm³/mol. The first-order valence-electron chi connectivity index (χ1n) is 7.21. The molecule has 0 radical (unpaired) electrons. The number of carbonyl (C=O) groups is 2. The van der Waals surface area contributed by atoms with E-state index in [2.05, 4.69) is 29.0 Å². The van der Waals surface area contributed by atoms with Crippen LogP contribution in [-0.4, -0.2) is 65.4 Å². The topological polar surface area (TPSA) is 65.5 Å². The van der Waals surface area contributed by atoms with Crippen LogP contribution in [0.25, 0.3) is 0 Å². The van der Waals surface area contributed by atoms with Crippen molar-refractivity contribution in [2.45, 2.75) is 25.9 Å². The maximum atomic E-state index is 12.6. The standard InChI is InChI=1S/C15H22N4O2/c1-11(2)18-8-9-19(13(10-18)14(20)16-3)15(21)12-4-6-17-7-5-12/h4-7,11,13H,8-10H2,1-3H3,(H,16,20). The molecule has 2 rings (SSSR count). The third-order valence-corrected chi connectivity index (χ3v) is 3.88. The first-order valence-corrected chi connectivity index (χ1v) is 7.21. The zero-order chi connectivity index (χ0) is 15.4. The van der Waals surface area contributed by atoms with Gasteiger partial charge in [0.15, 0.2) is 0 Å². The summed E-state index contributed by atoms with van der Waals surface area (Å²) in [6.07, 6.45) is 3.18. The monoisotopic (exact) mass is 290 g/mol. The molecule has 0 bridgehead atoms. The van der Waals surface area contributed by atoms with Gasteiger partial charge in [0.25, 0.3) is 5.91 Å². The van der Waals surface area contributed by atoms with Crippen LogP contribution >= 0.6 is 0 Å². The molecule has 1 aromatic rings. The van der Waals surface area contributed by atoms with Crippen molar-refractivity contribution >= 4 is 11.8 Å². The van der Waals surface area contributed by atoms with Crippen LogP contribution in [0, 0.1) is 0 Å². The molecule has 1 aliphatic rings. The average Bonchev–Trinajstić information content (AvgIpc) is 2.53. The van der Waals surface area contributed by atoms with Gasteiger partial charge < -0.3 is 10.2 Å². The van der Waals surface area contributed by atoms with E-state index in [1.807, 2.05) is 0 Å². The Morgan fingerprint density at radius 3 is 2.52 bits per heavy atom. The van der Waals surface area contributed by atoms with Gasteiger partial charge in [-0.05, 0) is 26.0 Å². The van der Waals surface area contributed by atoms with Crippen molar-refractivity contribution in [3.63, 3.8) is 0 Å². The SMILES string of the molecule is CNC(=O)C1CN(C(C)C)CCN1C(=O)c1ccncc1. The zero-order valence-electron chi connectivity index (χ0n) is 12.7. The quantitative estimate of drug-likeness (QED) is 0.873. The van der Waals surface area contributed by atoms with Gasteiger partial charge in [0.1, 0.15) is 6.04 Å². The van der Waals surface area contributed by atoms with Crippen LogP contribution in [0.4, 0.5) is 0 Å². The van der Waals surface area contributed by atoms with E-state index in [9.17, 15) is 9.59 Å². The van der Waals surface area contributed by atoms with Gasteiger partial charge in [-0.2, -0.15) is 0 Å². The Hall–Kier alpha value is -1.95. The highest BCUT2D eigenvalue weighted by Crippen LogP contribution is 2.16. The van der Waals surface area contributed by atoms with Crippen LogP contribution < -0.4 is 5.32 Å². The molecule has 1 fully saturated rings. The number of nitrogens with zero attached hydrogens (tertiary/aromatic N) is 3. The number of hydrogen-bond acceptors (Lipinski definition) is 4. The number of carbonyl (C=O) groups excluding carboxylic acids is 2. The van der Waals surface area contributed by atoms with Crippen LogP contribution in [-0.2, 0) is 4.79 Å². The van der Waals surface area contributed by atoms with E-state index < -0.39 is 6.04 Å². The number of nitrogens with one attached hydrogen (secondary N) is 1. The molecule has 1 saturated heterocycles. The second-order valence-electron chi connectivity index (χ2n) is 5.45. The lowest BCUT2D eigenvalue weighted by Gasteiger charge is -2.42. The maximum absolute atomic E-state index is 12.6. The van der Waals surface area contributed by atoms with Crippen LogP contribution in [0.2, 0.25) is 0 Å². The van der Waals surface area contributed by atoms with Gasteiger partial charge in [-0.3, -0.25) is 19.5 Å². The number of likely N-dealkylation sites (N-methyl/N-ethyl adjacent to an activating group) is 1. The molecule has 0 aromatic carbocycles. The lowest BCUT2D eigenvalue weighted by molar-refractivity contribution is -0.127. The van der Waals surface area contributed by atoms with Crippen molar-refractivity contribution in [3.05, 3.63) is 30.1 Å². The summed E-state index contributed by atoms with van der Waals surface area (Å²) in [6, 6.07) is 3.26. The molecule has 1 N–H and O–H groups in total. The molecule has 2 heterocycles. The van der Waals surface area contributed by atoms with Gasteiger partial charge in [-0.25, -0.2) is 0 Å². The van der Waals surface area contributed by atoms with Crippen molar-refractivity contribution in [3.8, 4) is 0 Å². The second-order valence-corrected chi connectivity index (χ2v) is 5.45. The smallest absolute Gasteiger partial charge is 0.254 e. The number of hydrogen-bond donors (Lipinski definition) is 1. The highest BCUT2D eigenvalue weighted by atomic mass is 16.2. The van der Waals surface area contributed by atoms with Crippen molar-refractivity contribution in [1.82, 2.24) is 20.1 Å². The summed E-state index contributed by atoms with van der Waals surface area (Å²) in [6.45, 7) is 6.09. The summed E-state index contributed by atoms with van der Waals surface area (Å²) in [5, 5.41) is 2.66. The fourth-order valence-corrected chi connectivity index (χ4v) is 2.57. The number of piperazine rings is 1. The van der Waals surface area contributed by atoms with Crippen LogP contribution in [0.15, 0.2) is 24.5 Å². The first-order chi connectivity index (χ1) is 10.0. The molecule has 6 nitrogen and oxygen atoms in total. The molecule has 1 atom stereocenters. The molecule has 0 spiro atoms. The number of pyridine rings is 1. The number of amides is 2. The molecule has 6 heteroatoms. The minimum Gasteiger partial charge on any atom is -0.357 e. The summed E-state index contributed by atoms with van der Waals surface area (Å²) in [4.78, 5) is 32.5. The van der Waals surface area contributed by atoms with Gasteiger partial charge >= 0.3 is 0 Å². The number of aromatic nitrogens is 1. The minimum absolute atomic E-state index is 0.116. The van der Waals surface area contributed by atoms with Crippen molar-refractivity contribution in [2.75, 3.05) is 26.7 Å². The van der Waals surface area contributed by atoms with Crippen LogP contribution in [0.5, 0.6) is 0 Å². The summed E-state index contributed by atoms with van der Waals surface area (Å²) in [5.41, 5.74) is 0.567. The van der Waals surface area contributed by atoms with Gasteiger partial charge in [0.2, 0.25) is 5.91 Å². The van der Waals surface area contributed by atoms with E-state index in [-0.39, 0.29) is 11.8 Å². The maximum Gasteiger partial charge on any atom is 0.254 e. The fraction of sp³-hybridized carbons (Fsp3) is 0.533. The fourth-order valence-electron chi connectivity index (χ4n) is 2.57. The Kier molecular flexibility index (Phi) is 4.90. The molecule has 1 aliphatic heterocycles. The van der Waals surface area contributed by atoms with Crippen molar-refractivity contribution in [1.29, 1.82) is 0 Å².